The molecule has 2 atom stereocenters. The van der Waals surface area contributed by atoms with Crippen molar-refractivity contribution >= 4 is 11.9 Å². The smallest absolute Gasteiger partial charge is 0.322 e. The Morgan fingerprint density at radius 2 is 1.86 bits per heavy atom. The molecule has 9 nitrogen and oxygen atoms in total. The quantitative estimate of drug-likeness (QED) is 0.808. The first-order valence-corrected chi connectivity index (χ1v) is 8.44. The number of hydrogen-bond donors (Lipinski definition) is 1. The van der Waals surface area contributed by atoms with Crippen molar-refractivity contribution in [1.29, 1.82) is 0 Å². The summed E-state index contributed by atoms with van der Waals surface area (Å²) in [5.74, 6) is -3.98. The molecule has 2 aliphatic heterocycles. The highest BCUT2D eigenvalue weighted by Gasteiger charge is 2.61. The molecule has 0 aliphatic carbocycles. The predicted molar refractivity (Wildman–Crippen MR) is 92.6 cm³/mol. The summed E-state index contributed by atoms with van der Waals surface area (Å²) in [5, 5.41) is 0.933. The lowest BCUT2D eigenvalue weighted by molar-refractivity contribution is -0.263. The van der Waals surface area contributed by atoms with Crippen molar-refractivity contribution in [2.24, 2.45) is 10.7 Å². The molecule has 0 radical (unpaired) electrons. The van der Waals surface area contributed by atoms with Gasteiger partial charge < -0.3 is 15.5 Å². The van der Waals surface area contributed by atoms with E-state index in [1.54, 1.807) is 24.5 Å². The Kier molecular flexibility index (Phi) is 4.18. The monoisotopic (exact) mass is 389 g/mol. The molecule has 28 heavy (non-hydrogen) atoms. The fraction of sp³-hybridized carbons (Fsp3) is 0.353. The van der Waals surface area contributed by atoms with Crippen LogP contribution in [0.25, 0.3) is 0 Å². The number of nitrogens with two attached hydrogens (primary N) is 1. The number of pyridine rings is 1. The number of carbonyl (C=O) groups is 1. The fourth-order valence-corrected chi connectivity index (χ4v) is 3.74. The molecule has 0 spiro atoms. The average molecular weight is 389 g/mol. The molecule has 0 bridgehead atoms. The zero-order chi connectivity index (χ0) is 19.9. The fourth-order valence-electron chi connectivity index (χ4n) is 3.74. The molecule has 2 aliphatic rings. The minimum Gasteiger partial charge on any atom is -0.370 e. The molecule has 0 amide bonds. The van der Waals surface area contributed by atoms with Crippen LogP contribution < -0.4 is 5.73 Å². The molecule has 11 heteroatoms. The number of alkyl halides is 2. The number of aromatic nitrogens is 3. The number of hydroxylamine groups is 2. The van der Waals surface area contributed by atoms with Gasteiger partial charge in [-0.2, -0.15) is 0 Å². The van der Waals surface area contributed by atoms with Crippen LogP contribution in [0.5, 0.6) is 0 Å². The first-order valence-electron chi connectivity index (χ1n) is 8.44. The Morgan fingerprint density at radius 1 is 1.18 bits per heavy atom. The van der Waals surface area contributed by atoms with Gasteiger partial charge in [-0.25, -0.2) is 23.7 Å². The number of carbonyl (C=O) groups excluding carboxylic acids is 1. The second-order valence-corrected chi connectivity index (χ2v) is 6.62. The maximum absolute atomic E-state index is 14.4. The first kappa shape index (κ1) is 18.2. The Labute approximate surface area is 158 Å². The van der Waals surface area contributed by atoms with Gasteiger partial charge in [0.1, 0.15) is 12.9 Å². The maximum Gasteiger partial charge on any atom is 0.322 e. The normalized spacial score (nSPS) is 26.5. The summed E-state index contributed by atoms with van der Waals surface area (Å²) in [7, 11) is 0. The van der Waals surface area contributed by atoms with Crippen LogP contribution in [0.3, 0.4) is 0 Å². The largest absolute Gasteiger partial charge is 0.370 e. The third-order valence-electron chi connectivity index (χ3n) is 4.68. The summed E-state index contributed by atoms with van der Waals surface area (Å²) in [5.41, 5.74) is 5.91. The van der Waals surface area contributed by atoms with Crippen molar-refractivity contribution in [2.75, 3.05) is 13.1 Å². The summed E-state index contributed by atoms with van der Waals surface area (Å²) in [4.78, 5) is 34.7. The summed E-state index contributed by atoms with van der Waals surface area (Å²) < 4.78 is 28.7. The van der Waals surface area contributed by atoms with Gasteiger partial charge in [0.25, 0.3) is 5.92 Å². The summed E-state index contributed by atoms with van der Waals surface area (Å²) in [6.45, 7) is -0.307. The van der Waals surface area contributed by atoms with E-state index in [4.69, 9.17) is 10.6 Å². The Hall–Kier alpha value is -3.21. The molecule has 2 N–H and O–H groups in total. The predicted octanol–water partition coefficient (Wildman–Crippen LogP) is 0.501. The highest BCUT2D eigenvalue weighted by molar-refractivity contribution is 5.83. The van der Waals surface area contributed by atoms with E-state index >= 15 is 0 Å². The second kappa shape index (κ2) is 6.44. The Morgan fingerprint density at radius 3 is 2.50 bits per heavy atom. The van der Waals surface area contributed by atoms with Gasteiger partial charge in [-0.1, -0.05) is 0 Å². The molecule has 2 aromatic heterocycles. The topological polar surface area (TPSA) is 110 Å². The molecular formula is C17H17F2N7O2. The highest BCUT2D eigenvalue weighted by atomic mass is 19.3. The molecule has 4 rings (SSSR count). The molecular weight excluding hydrogens is 372 g/mol. The molecule has 1 saturated heterocycles. The maximum atomic E-state index is 14.4. The van der Waals surface area contributed by atoms with Crippen molar-refractivity contribution in [3.63, 3.8) is 0 Å². The average Bonchev–Trinajstić information content (AvgIpc) is 2.95. The van der Waals surface area contributed by atoms with Crippen LogP contribution in [0.1, 0.15) is 18.1 Å². The SMILES string of the molecule is CC(=O)ON1CC(F)(F)CN2C(N)=NC(c3ccncc3)(c3cncnc3)C12. The summed E-state index contributed by atoms with van der Waals surface area (Å²) >= 11 is 0. The molecule has 146 valence electrons. The van der Waals surface area contributed by atoms with E-state index in [1.165, 1.54) is 23.6 Å². The molecule has 1 fully saturated rings. The summed E-state index contributed by atoms with van der Waals surface area (Å²) in [6, 6.07) is 3.40. The molecule has 2 unspecified atom stereocenters. The first-order chi connectivity index (χ1) is 13.3. The van der Waals surface area contributed by atoms with E-state index in [-0.39, 0.29) is 5.96 Å². The van der Waals surface area contributed by atoms with Crippen molar-refractivity contribution in [2.45, 2.75) is 24.6 Å². The van der Waals surface area contributed by atoms with Gasteiger partial charge >= 0.3 is 5.97 Å². The standard InChI is InChI=1S/C17H17F2N7O2/c1-11(27)28-26-9-16(18,19)8-25-14(26)17(24-15(25)20,12-2-4-21-5-3-12)13-6-22-10-23-7-13/h2-7,10,14H,8-9H2,1H3,(H2,20,24). The molecule has 0 saturated carbocycles. The zero-order valence-corrected chi connectivity index (χ0v) is 14.9. The lowest BCUT2D eigenvalue weighted by Gasteiger charge is -2.47. The van der Waals surface area contributed by atoms with Crippen LogP contribution in [0, 0.1) is 0 Å². The van der Waals surface area contributed by atoms with Crippen molar-refractivity contribution in [1.82, 2.24) is 24.9 Å². The van der Waals surface area contributed by atoms with Crippen molar-refractivity contribution < 1.29 is 18.4 Å². The Bertz CT molecular complexity index is 871. The third-order valence-corrected chi connectivity index (χ3v) is 4.68. The van der Waals surface area contributed by atoms with Crippen LogP contribution in [0.2, 0.25) is 0 Å². The van der Waals surface area contributed by atoms with Crippen LogP contribution in [-0.4, -0.2) is 62.0 Å². The van der Waals surface area contributed by atoms with E-state index < -0.39 is 36.7 Å². The number of aliphatic imine (C=N–C) groups is 1. The van der Waals surface area contributed by atoms with Gasteiger partial charge in [0.15, 0.2) is 17.7 Å². The van der Waals surface area contributed by atoms with Crippen LogP contribution in [0.15, 0.2) is 48.2 Å². The van der Waals surface area contributed by atoms with Crippen LogP contribution in [0.4, 0.5) is 8.78 Å². The van der Waals surface area contributed by atoms with Gasteiger partial charge in [-0.15, -0.1) is 5.06 Å². The zero-order valence-electron chi connectivity index (χ0n) is 14.9. The second-order valence-electron chi connectivity index (χ2n) is 6.62. The van der Waals surface area contributed by atoms with Gasteiger partial charge in [0, 0.05) is 37.3 Å². The van der Waals surface area contributed by atoms with E-state index in [0.717, 1.165) is 12.0 Å². The van der Waals surface area contributed by atoms with Crippen molar-refractivity contribution in [3.05, 3.63) is 54.4 Å². The van der Waals surface area contributed by atoms with E-state index in [2.05, 4.69) is 19.9 Å². The minimum absolute atomic E-state index is 0.0952. The highest BCUT2D eigenvalue weighted by Crippen LogP contribution is 2.47. The van der Waals surface area contributed by atoms with Gasteiger partial charge in [-0.3, -0.25) is 9.78 Å². The molecule has 2 aromatic rings. The van der Waals surface area contributed by atoms with E-state index in [1.807, 2.05) is 0 Å². The molecule has 4 heterocycles. The van der Waals surface area contributed by atoms with E-state index in [9.17, 15) is 13.6 Å². The Balaban J connectivity index is 1.94. The van der Waals surface area contributed by atoms with Gasteiger partial charge in [0.05, 0.1) is 6.54 Å². The van der Waals surface area contributed by atoms with Gasteiger partial charge in [0.2, 0.25) is 0 Å². The van der Waals surface area contributed by atoms with Crippen molar-refractivity contribution in [3.8, 4) is 0 Å². The number of halogens is 2. The minimum atomic E-state index is -3.16. The van der Waals surface area contributed by atoms with Gasteiger partial charge in [-0.05, 0) is 17.7 Å². The molecule has 0 aromatic carbocycles. The lowest BCUT2D eigenvalue weighted by Crippen LogP contribution is -2.66. The lowest BCUT2D eigenvalue weighted by atomic mass is 9.81. The number of guanidine groups is 1. The number of nitrogens with zero attached hydrogens (tertiary/aromatic N) is 6. The van der Waals surface area contributed by atoms with Crippen LogP contribution in [-0.2, 0) is 15.2 Å². The summed E-state index contributed by atoms with van der Waals surface area (Å²) in [6.07, 6.45) is 6.59. The van der Waals surface area contributed by atoms with Crippen LogP contribution >= 0.6 is 0 Å². The number of hydrogen-bond acceptors (Lipinski definition) is 9. The van der Waals surface area contributed by atoms with E-state index in [0.29, 0.717) is 11.1 Å². The number of fused-ring (bicyclic) bond motifs is 1. The third kappa shape index (κ3) is 2.83. The number of rotatable bonds is 3.